The third kappa shape index (κ3) is 3.09. The molecular weight excluding hydrogens is 152 g/mol. The number of ether oxygens (including phenoxy) is 1. The molecule has 0 aromatic rings. The van der Waals surface area contributed by atoms with Crippen molar-refractivity contribution in [2.45, 2.75) is 50.9 Å². The van der Waals surface area contributed by atoms with Crippen LogP contribution in [0.2, 0.25) is 0 Å². The zero-order valence-corrected chi connectivity index (χ0v) is 7.83. The molecule has 0 saturated carbocycles. The minimum absolute atomic E-state index is 0.256. The fraction of sp³-hybridized carbons (Fsp3) is 1.00. The molecule has 0 amide bonds. The maximum absolute atomic E-state index is 5.75. The van der Waals surface area contributed by atoms with E-state index in [1.807, 2.05) is 6.92 Å². The molecule has 3 atom stereocenters. The summed E-state index contributed by atoms with van der Waals surface area (Å²) in [6, 6.07) is 0.256. The van der Waals surface area contributed by atoms with E-state index in [1.165, 1.54) is 0 Å². The van der Waals surface area contributed by atoms with E-state index in [-0.39, 0.29) is 6.04 Å². The molecule has 3 heteroatoms. The Morgan fingerprint density at radius 1 is 1.42 bits per heavy atom. The van der Waals surface area contributed by atoms with Crippen LogP contribution in [0, 0.1) is 0 Å². The van der Waals surface area contributed by atoms with Crippen molar-refractivity contribution >= 4 is 0 Å². The van der Waals surface area contributed by atoms with E-state index in [4.69, 9.17) is 16.2 Å². The summed E-state index contributed by atoms with van der Waals surface area (Å²) in [6.45, 7) is 2.76. The van der Waals surface area contributed by atoms with Crippen molar-refractivity contribution in [3.8, 4) is 0 Å². The Hall–Kier alpha value is -0.120. The molecule has 1 saturated heterocycles. The van der Waals surface area contributed by atoms with Crippen molar-refractivity contribution in [3.63, 3.8) is 0 Å². The number of rotatable bonds is 4. The second-order valence-electron chi connectivity index (χ2n) is 3.75. The Labute approximate surface area is 74.4 Å². The summed E-state index contributed by atoms with van der Waals surface area (Å²) in [7, 11) is 0. The zero-order chi connectivity index (χ0) is 8.97. The van der Waals surface area contributed by atoms with Gasteiger partial charge in [-0.15, -0.1) is 0 Å². The van der Waals surface area contributed by atoms with Gasteiger partial charge in [-0.05, 0) is 39.2 Å². The minimum Gasteiger partial charge on any atom is -0.375 e. The second-order valence-corrected chi connectivity index (χ2v) is 3.75. The summed E-state index contributed by atoms with van der Waals surface area (Å²) in [5.74, 6) is 0. The van der Waals surface area contributed by atoms with Crippen LogP contribution in [0.25, 0.3) is 0 Å². The average molecular weight is 172 g/mol. The van der Waals surface area contributed by atoms with E-state index < -0.39 is 0 Å². The predicted octanol–water partition coefficient (Wildman–Crippen LogP) is 0.620. The summed E-state index contributed by atoms with van der Waals surface area (Å²) in [6.07, 6.45) is 5.09. The summed E-state index contributed by atoms with van der Waals surface area (Å²) in [4.78, 5) is 0. The molecule has 0 aromatic carbocycles. The molecule has 0 aromatic heterocycles. The lowest BCUT2D eigenvalue weighted by Crippen LogP contribution is -2.23. The molecule has 0 radical (unpaired) electrons. The minimum atomic E-state index is 0.256. The zero-order valence-electron chi connectivity index (χ0n) is 7.83. The van der Waals surface area contributed by atoms with Crippen LogP contribution in [-0.4, -0.2) is 24.8 Å². The third-order valence-electron chi connectivity index (χ3n) is 2.32. The Morgan fingerprint density at radius 2 is 2.08 bits per heavy atom. The summed E-state index contributed by atoms with van der Waals surface area (Å²) in [5, 5.41) is 0. The van der Waals surface area contributed by atoms with Gasteiger partial charge in [0, 0.05) is 6.04 Å². The highest BCUT2D eigenvalue weighted by Gasteiger charge is 2.24. The van der Waals surface area contributed by atoms with E-state index in [1.54, 1.807) is 0 Å². The van der Waals surface area contributed by atoms with Crippen LogP contribution in [0.4, 0.5) is 0 Å². The molecule has 3 unspecified atom stereocenters. The quantitative estimate of drug-likeness (QED) is 0.653. The van der Waals surface area contributed by atoms with Crippen molar-refractivity contribution in [3.05, 3.63) is 0 Å². The molecule has 1 aliphatic rings. The van der Waals surface area contributed by atoms with Gasteiger partial charge in [0.1, 0.15) is 0 Å². The fourth-order valence-electron chi connectivity index (χ4n) is 1.77. The summed E-state index contributed by atoms with van der Waals surface area (Å²) in [5.41, 5.74) is 11.1. The van der Waals surface area contributed by atoms with Gasteiger partial charge in [-0.2, -0.15) is 0 Å². The molecule has 1 fully saturated rings. The largest absolute Gasteiger partial charge is 0.375 e. The molecule has 12 heavy (non-hydrogen) atoms. The normalized spacial score (nSPS) is 32.2. The Balaban J connectivity index is 2.16. The smallest absolute Gasteiger partial charge is 0.0594 e. The molecule has 0 bridgehead atoms. The van der Waals surface area contributed by atoms with Crippen LogP contribution in [0.1, 0.15) is 32.6 Å². The van der Waals surface area contributed by atoms with Crippen molar-refractivity contribution < 1.29 is 4.74 Å². The molecule has 0 spiro atoms. The topological polar surface area (TPSA) is 61.3 Å². The number of nitrogens with two attached hydrogens (primary N) is 2. The lowest BCUT2D eigenvalue weighted by molar-refractivity contribution is 0.0349. The number of hydrogen-bond donors (Lipinski definition) is 2. The standard InChI is InChI=1S/C9H20N2O/c1-7(11)6-9-3-2-8(12-9)4-5-10/h7-9H,2-6,10-11H2,1H3. The van der Waals surface area contributed by atoms with Crippen LogP contribution < -0.4 is 11.5 Å². The third-order valence-corrected chi connectivity index (χ3v) is 2.32. The highest BCUT2D eigenvalue weighted by molar-refractivity contribution is 4.76. The lowest BCUT2D eigenvalue weighted by atomic mass is 10.1. The SMILES string of the molecule is CC(N)CC1CCC(CCN)O1. The van der Waals surface area contributed by atoms with Gasteiger partial charge in [-0.3, -0.25) is 0 Å². The summed E-state index contributed by atoms with van der Waals surface area (Å²) < 4.78 is 5.75. The predicted molar refractivity (Wildman–Crippen MR) is 49.8 cm³/mol. The van der Waals surface area contributed by atoms with Gasteiger partial charge in [0.25, 0.3) is 0 Å². The van der Waals surface area contributed by atoms with Crippen molar-refractivity contribution in [2.75, 3.05) is 6.54 Å². The van der Waals surface area contributed by atoms with Crippen molar-refractivity contribution in [2.24, 2.45) is 11.5 Å². The van der Waals surface area contributed by atoms with E-state index in [9.17, 15) is 0 Å². The number of hydrogen-bond acceptors (Lipinski definition) is 3. The molecule has 4 N–H and O–H groups in total. The first-order valence-electron chi connectivity index (χ1n) is 4.83. The first-order valence-corrected chi connectivity index (χ1v) is 4.83. The monoisotopic (exact) mass is 172 g/mol. The molecule has 1 heterocycles. The first kappa shape index (κ1) is 9.96. The molecule has 0 aliphatic carbocycles. The van der Waals surface area contributed by atoms with E-state index >= 15 is 0 Å². The van der Waals surface area contributed by atoms with E-state index in [0.717, 1.165) is 32.2 Å². The van der Waals surface area contributed by atoms with Gasteiger partial charge in [-0.1, -0.05) is 0 Å². The maximum Gasteiger partial charge on any atom is 0.0594 e. The Kier molecular flexibility index (Phi) is 3.98. The van der Waals surface area contributed by atoms with Gasteiger partial charge in [0.2, 0.25) is 0 Å². The second kappa shape index (κ2) is 4.80. The van der Waals surface area contributed by atoms with Gasteiger partial charge in [0.05, 0.1) is 12.2 Å². The van der Waals surface area contributed by atoms with Crippen LogP contribution in [0.3, 0.4) is 0 Å². The van der Waals surface area contributed by atoms with Gasteiger partial charge < -0.3 is 16.2 Å². The Morgan fingerprint density at radius 3 is 2.67 bits per heavy atom. The lowest BCUT2D eigenvalue weighted by Gasteiger charge is -2.14. The van der Waals surface area contributed by atoms with Crippen LogP contribution in [-0.2, 0) is 4.74 Å². The average Bonchev–Trinajstić information content (AvgIpc) is 2.36. The highest BCUT2D eigenvalue weighted by Crippen LogP contribution is 2.24. The van der Waals surface area contributed by atoms with Crippen molar-refractivity contribution in [1.29, 1.82) is 0 Å². The molecule has 1 aliphatic heterocycles. The van der Waals surface area contributed by atoms with Crippen LogP contribution in [0.15, 0.2) is 0 Å². The van der Waals surface area contributed by atoms with E-state index in [2.05, 4.69) is 0 Å². The van der Waals surface area contributed by atoms with Gasteiger partial charge in [-0.25, -0.2) is 0 Å². The van der Waals surface area contributed by atoms with Gasteiger partial charge >= 0.3 is 0 Å². The molecular formula is C9H20N2O. The first-order chi connectivity index (χ1) is 5.72. The van der Waals surface area contributed by atoms with Crippen LogP contribution in [0.5, 0.6) is 0 Å². The highest BCUT2D eigenvalue weighted by atomic mass is 16.5. The van der Waals surface area contributed by atoms with Gasteiger partial charge in [0.15, 0.2) is 0 Å². The fourth-order valence-corrected chi connectivity index (χ4v) is 1.77. The molecule has 1 rings (SSSR count). The van der Waals surface area contributed by atoms with E-state index in [0.29, 0.717) is 12.2 Å². The molecule has 72 valence electrons. The molecule has 3 nitrogen and oxygen atoms in total. The van der Waals surface area contributed by atoms with Crippen molar-refractivity contribution in [1.82, 2.24) is 0 Å². The Bertz CT molecular complexity index is 128. The maximum atomic E-state index is 5.75. The van der Waals surface area contributed by atoms with Crippen LogP contribution >= 0.6 is 0 Å². The summed E-state index contributed by atoms with van der Waals surface area (Å²) >= 11 is 0.